The number of esters is 2. The van der Waals surface area contributed by atoms with Gasteiger partial charge in [-0.2, -0.15) is 0 Å². The average molecular weight is 329 g/mol. The van der Waals surface area contributed by atoms with E-state index in [0.29, 0.717) is 0 Å². The highest BCUT2D eigenvalue weighted by Gasteiger charge is 2.30. The van der Waals surface area contributed by atoms with Crippen LogP contribution in [0.5, 0.6) is 0 Å². The van der Waals surface area contributed by atoms with Gasteiger partial charge in [0.15, 0.2) is 6.10 Å². The summed E-state index contributed by atoms with van der Waals surface area (Å²) in [5.74, 6) is -1.65. The fraction of sp³-hybridized carbons (Fsp3) is 0.688. The number of alkyl carbamates (subject to hydrolysis) is 1. The lowest BCUT2D eigenvalue weighted by molar-refractivity contribution is -0.167. The van der Waals surface area contributed by atoms with Gasteiger partial charge in [0.2, 0.25) is 0 Å². The molecule has 0 aromatic rings. The summed E-state index contributed by atoms with van der Waals surface area (Å²) in [4.78, 5) is 35.5. The molecule has 7 heteroatoms. The van der Waals surface area contributed by atoms with Gasteiger partial charge in [0.25, 0.3) is 0 Å². The molecule has 0 aromatic heterocycles. The third-order valence-electron chi connectivity index (χ3n) is 2.56. The van der Waals surface area contributed by atoms with Crippen molar-refractivity contribution in [2.24, 2.45) is 5.92 Å². The number of carbonyl (C=O) groups is 3. The summed E-state index contributed by atoms with van der Waals surface area (Å²) < 4.78 is 15.0. The maximum absolute atomic E-state index is 12.2. The van der Waals surface area contributed by atoms with Gasteiger partial charge >= 0.3 is 18.0 Å². The molecule has 0 aromatic carbocycles. The van der Waals surface area contributed by atoms with E-state index in [4.69, 9.17) is 14.2 Å². The second-order valence-corrected chi connectivity index (χ2v) is 6.37. The van der Waals surface area contributed by atoms with Crippen LogP contribution in [0.3, 0.4) is 0 Å². The third-order valence-corrected chi connectivity index (χ3v) is 2.56. The predicted octanol–water partition coefficient (Wildman–Crippen LogP) is 2.20. The second-order valence-electron chi connectivity index (χ2n) is 6.37. The first-order valence-electron chi connectivity index (χ1n) is 7.45. The molecule has 0 aliphatic rings. The van der Waals surface area contributed by atoms with E-state index in [2.05, 4.69) is 11.9 Å². The molecule has 1 N–H and O–H groups in total. The molecule has 0 bridgehead atoms. The van der Waals surface area contributed by atoms with Crippen molar-refractivity contribution in [1.29, 1.82) is 0 Å². The lowest BCUT2D eigenvalue weighted by Crippen LogP contribution is -2.48. The first-order chi connectivity index (χ1) is 10.5. The van der Waals surface area contributed by atoms with Crippen molar-refractivity contribution in [2.75, 3.05) is 6.61 Å². The van der Waals surface area contributed by atoms with Crippen LogP contribution >= 0.6 is 0 Å². The van der Waals surface area contributed by atoms with Crippen LogP contribution in [-0.4, -0.2) is 42.4 Å². The van der Waals surface area contributed by atoms with Crippen molar-refractivity contribution in [1.82, 2.24) is 5.32 Å². The Kier molecular flexibility index (Phi) is 8.35. The number of ether oxygens (including phenoxy) is 3. The molecule has 0 unspecified atom stereocenters. The minimum Gasteiger partial charge on any atom is -0.459 e. The van der Waals surface area contributed by atoms with E-state index >= 15 is 0 Å². The summed E-state index contributed by atoms with van der Waals surface area (Å²) in [7, 11) is 0. The smallest absolute Gasteiger partial charge is 0.408 e. The van der Waals surface area contributed by atoms with Gasteiger partial charge in [0, 0.05) is 0 Å². The van der Waals surface area contributed by atoms with Gasteiger partial charge in [-0.1, -0.05) is 26.5 Å². The van der Waals surface area contributed by atoms with Gasteiger partial charge < -0.3 is 19.5 Å². The number of hydrogen-bond acceptors (Lipinski definition) is 6. The molecule has 0 heterocycles. The Morgan fingerprint density at radius 1 is 1.13 bits per heavy atom. The van der Waals surface area contributed by atoms with Gasteiger partial charge in [0.05, 0.1) is 0 Å². The van der Waals surface area contributed by atoms with Crippen LogP contribution < -0.4 is 5.32 Å². The number of hydrogen-bond donors (Lipinski definition) is 1. The molecule has 0 aliphatic heterocycles. The molecule has 7 nitrogen and oxygen atoms in total. The third kappa shape index (κ3) is 8.85. The summed E-state index contributed by atoms with van der Waals surface area (Å²) in [5.41, 5.74) is -0.683. The lowest BCUT2D eigenvalue weighted by atomic mass is 10.1. The first kappa shape index (κ1) is 20.9. The van der Waals surface area contributed by atoms with E-state index in [-0.39, 0.29) is 12.5 Å². The Morgan fingerprint density at radius 2 is 1.70 bits per heavy atom. The molecule has 23 heavy (non-hydrogen) atoms. The van der Waals surface area contributed by atoms with Crippen LogP contribution in [0.1, 0.15) is 41.5 Å². The monoisotopic (exact) mass is 329 g/mol. The molecule has 0 rings (SSSR count). The van der Waals surface area contributed by atoms with E-state index in [9.17, 15) is 14.4 Å². The van der Waals surface area contributed by atoms with Crippen molar-refractivity contribution in [2.45, 2.75) is 59.3 Å². The summed E-state index contributed by atoms with van der Waals surface area (Å²) in [6, 6.07) is -0.931. The number of amides is 1. The van der Waals surface area contributed by atoms with E-state index in [0.717, 1.165) is 0 Å². The molecule has 0 saturated carbocycles. The standard InChI is InChI=1S/C16H27NO6/c1-8-9-21-13(18)11(4)22-14(19)12(10(2)3)17-15(20)23-16(5,6)7/h8,10-12H,1,9H2,2-7H3,(H,17,20)/t11-,12+/m1/s1. The molecule has 0 radical (unpaired) electrons. The quantitative estimate of drug-likeness (QED) is 0.437. The highest BCUT2D eigenvalue weighted by Crippen LogP contribution is 2.10. The summed E-state index contributed by atoms with van der Waals surface area (Å²) >= 11 is 0. The van der Waals surface area contributed by atoms with Crippen LogP contribution in [-0.2, 0) is 23.8 Å². The normalized spacial score (nSPS) is 13.7. The largest absolute Gasteiger partial charge is 0.459 e. The van der Waals surface area contributed by atoms with E-state index in [1.165, 1.54) is 13.0 Å². The van der Waals surface area contributed by atoms with Crippen molar-refractivity contribution in [3.8, 4) is 0 Å². The summed E-state index contributed by atoms with van der Waals surface area (Å²) in [6.07, 6.45) is -0.396. The SMILES string of the molecule is C=CCOC(=O)[C@@H](C)OC(=O)[C@@H](NC(=O)OC(C)(C)C)C(C)C. The van der Waals surface area contributed by atoms with Gasteiger partial charge in [-0.15, -0.1) is 0 Å². The molecular weight excluding hydrogens is 302 g/mol. The van der Waals surface area contributed by atoms with Crippen molar-refractivity contribution in [3.63, 3.8) is 0 Å². The van der Waals surface area contributed by atoms with Gasteiger partial charge in [0.1, 0.15) is 18.2 Å². The van der Waals surface area contributed by atoms with E-state index in [1.807, 2.05) is 0 Å². The molecule has 0 fully saturated rings. The Balaban J connectivity index is 4.71. The van der Waals surface area contributed by atoms with Crippen LogP contribution in [0.25, 0.3) is 0 Å². The maximum Gasteiger partial charge on any atom is 0.408 e. The number of carbonyl (C=O) groups excluding carboxylic acids is 3. The Morgan fingerprint density at radius 3 is 2.13 bits per heavy atom. The highest BCUT2D eigenvalue weighted by molar-refractivity contribution is 5.84. The Hall–Kier alpha value is -2.05. The summed E-state index contributed by atoms with van der Waals surface area (Å²) in [5, 5.41) is 2.46. The van der Waals surface area contributed by atoms with Crippen LogP contribution in [0, 0.1) is 5.92 Å². The molecular formula is C16H27NO6. The van der Waals surface area contributed by atoms with Gasteiger partial charge in [-0.25, -0.2) is 14.4 Å². The van der Waals surface area contributed by atoms with Crippen molar-refractivity contribution < 1.29 is 28.6 Å². The van der Waals surface area contributed by atoms with Gasteiger partial charge in [-0.05, 0) is 33.6 Å². The summed E-state index contributed by atoms with van der Waals surface area (Å²) in [6.45, 7) is 13.5. The molecule has 0 spiro atoms. The minimum absolute atomic E-state index is 0.0322. The zero-order valence-corrected chi connectivity index (χ0v) is 14.7. The van der Waals surface area contributed by atoms with Crippen LogP contribution in [0.4, 0.5) is 4.79 Å². The zero-order valence-electron chi connectivity index (χ0n) is 14.7. The van der Waals surface area contributed by atoms with Crippen LogP contribution in [0.15, 0.2) is 12.7 Å². The Bertz CT molecular complexity index is 438. The zero-order chi connectivity index (χ0) is 18.2. The first-order valence-corrected chi connectivity index (χ1v) is 7.45. The molecule has 1 amide bonds. The molecule has 0 aliphatic carbocycles. The fourth-order valence-corrected chi connectivity index (χ4v) is 1.49. The topological polar surface area (TPSA) is 90.9 Å². The molecule has 132 valence electrons. The lowest BCUT2D eigenvalue weighted by Gasteiger charge is -2.25. The second kappa shape index (κ2) is 9.17. The van der Waals surface area contributed by atoms with E-state index in [1.54, 1.807) is 34.6 Å². The van der Waals surface area contributed by atoms with E-state index < -0.39 is 35.8 Å². The Labute approximate surface area is 137 Å². The predicted molar refractivity (Wildman–Crippen MR) is 84.7 cm³/mol. The van der Waals surface area contributed by atoms with Crippen molar-refractivity contribution in [3.05, 3.63) is 12.7 Å². The average Bonchev–Trinajstić information content (AvgIpc) is 2.39. The fourth-order valence-electron chi connectivity index (χ4n) is 1.49. The highest BCUT2D eigenvalue weighted by atomic mass is 16.6. The molecule has 2 atom stereocenters. The minimum atomic E-state index is -1.08. The van der Waals surface area contributed by atoms with Crippen molar-refractivity contribution >= 4 is 18.0 Å². The number of nitrogens with one attached hydrogen (secondary N) is 1. The maximum atomic E-state index is 12.2. The number of rotatable bonds is 7. The van der Waals surface area contributed by atoms with Crippen LogP contribution in [0.2, 0.25) is 0 Å². The molecule has 0 saturated heterocycles. The van der Waals surface area contributed by atoms with Gasteiger partial charge in [-0.3, -0.25) is 0 Å².